The number of nitrogens with one attached hydrogen (secondary N) is 1. The van der Waals surface area contributed by atoms with E-state index in [2.05, 4.69) is 51.7 Å². The lowest BCUT2D eigenvalue weighted by Gasteiger charge is -2.30. The molecule has 1 aromatic heterocycles. The van der Waals surface area contributed by atoms with Crippen molar-refractivity contribution in [1.82, 2.24) is 14.9 Å². The van der Waals surface area contributed by atoms with Crippen LogP contribution < -0.4 is 5.56 Å². The summed E-state index contributed by atoms with van der Waals surface area (Å²) in [5, 5.41) is 0. The zero-order valence-corrected chi connectivity index (χ0v) is 18.3. The standard InChI is InChI=1S/C24H33N3O2/c1-6-17-7-9-18(10-8-17)22-25-20-11-12-27(15-19(20)23(29)26-22)21(28)13-16(2)14-24(3,4)5/h7-10,16H,6,11-15H2,1-5H3,(H,25,26,29). The average molecular weight is 396 g/mol. The average Bonchev–Trinajstić information content (AvgIpc) is 2.66. The molecule has 1 aliphatic rings. The predicted molar refractivity (Wildman–Crippen MR) is 117 cm³/mol. The van der Waals surface area contributed by atoms with Crippen molar-refractivity contribution in [3.8, 4) is 11.4 Å². The maximum atomic E-state index is 12.8. The molecule has 0 bridgehead atoms. The number of aryl methyl sites for hydroxylation is 1. The number of fused-ring (bicyclic) bond motifs is 1. The number of carbonyl (C=O) groups is 1. The summed E-state index contributed by atoms with van der Waals surface area (Å²) in [6.07, 6.45) is 3.14. The molecule has 2 heterocycles. The maximum Gasteiger partial charge on any atom is 0.256 e. The third-order valence-electron chi connectivity index (χ3n) is 5.54. The second kappa shape index (κ2) is 8.52. The Bertz CT molecular complexity index is 923. The molecular formula is C24H33N3O2. The Morgan fingerprint density at radius 1 is 1.24 bits per heavy atom. The molecule has 0 saturated heterocycles. The van der Waals surface area contributed by atoms with Crippen LogP contribution in [0.2, 0.25) is 0 Å². The lowest BCUT2D eigenvalue weighted by molar-refractivity contribution is -0.133. The van der Waals surface area contributed by atoms with E-state index in [0.717, 1.165) is 24.1 Å². The SMILES string of the molecule is CCc1ccc(-c2nc3c(c(=O)[nH]2)CN(C(=O)CC(C)CC(C)(C)C)CC3)cc1. The third kappa shape index (κ3) is 5.34. The van der Waals surface area contributed by atoms with Gasteiger partial charge in [0.25, 0.3) is 5.56 Å². The second-order valence-corrected chi connectivity index (χ2v) is 9.53. The van der Waals surface area contributed by atoms with Gasteiger partial charge < -0.3 is 9.88 Å². The van der Waals surface area contributed by atoms with Crippen molar-refractivity contribution in [2.45, 2.75) is 66.8 Å². The van der Waals surface area contributed by atoms with E-state index in [1.54, 1.807) is 0 Å². The number of carbonyl (C=O) groups excluding carboxylic acids is 1. The van der Waals surface area contributed by atoms with Crippen molar-refractivity contribution in [2.24, 2.45) is 11.3 Å². The van der Waals surface area contributed by atoms with Gasteiger partial charge in [-0.25, -0.2) is 4.98 Å². The lowest BCUT2D eigenvalue weighted by atomic mass is 9.84. The number of aromatic amines is 1. The molecule has 5 heteroatoms. The first-order valence-corrected chi connectivity index (χ1v) is 10.7. The van der Waals surface area contributed by atoms with Gasteiger partial charge in [-0.2, -0.15) is 0 Å². The van der Waals surface area contributed by atoms with E-state index >= 15 is 0 Å². The van der Waals surface area contributed by atoms with E-state index in [0.29, 0.717) is 43.2 Å². The highest BCUT2D eigenvalue weighted by atomic mass is 16.2. The topological polar surface area (TPSA) is 66.1 Å². The molecule has 1 aromatic carbocycles. The number of rotatable bonds is 5. The first kappa shape index (κ1) is 21.3. The van der Waals surface area contributed by atoms with Gasteiger partial charge in [0.2, 0.25) is 5.91 Å². The van der Waals surface area contributed by atoms with Crippen LogP contribution in [-0.2, 0) is 24.2 Å². The molecule has 3 rings (SSSR count). The van der Waals surface area contributed by atoms with Crippen LogP contribution >= 0.6 is 0 Å². The van der Waals surface area contributed by atoms with E-state index in [1.165, 1.54) is 5.56 Å². The molecule has 2 aromatic rings. The number of benzene rings is 1. The number of aromatic nitrogens is 2. The minimum atomic E-state index is -0.134. The monoisotopic (exact) mass is 395 g/mol. The highest BCUT2D eigenvalue weighted by Crippen LogP contribution is 2.27. The fourth-order valence-electron chi connectivity index (χ4n) is 4.22. The first-order chi connectivity index (χ1) is 13.7. The van der Waals surface area contributed by atoms with Crippen molar-refractivity contribution in [1.29, 1.82) is 0 Å². The minimum absolute atomic E-state index is 0.131. The molecule has 0 saturated carbocycles. The van der Waals surface area contributed by atoms with Gasteiger partial charge in [-0.3, -0.25) is 9.59 Å². The van der Waals surface area contributed by atoms with Crippen LogP contribution in [0.5, 0.6) is 0 Å². The molecule has 0 spiro atoms. The summed E-state index contributed by atoms with van der Waals surface area (Å²) >= 11 is 0. The Morgan fingerprint density at radius 2 is 1.93 bits per heavy atom. The molecular weight excluding hydrogens is 362 g/mol. The molecule has 1 amide bonds. The van der Waals surface area contributed by atoms with E-state index in [9.17, 15) is 9.59 Å². The Hall–Kier alpha value is -2.43. The Labute approximate surface area is 173 Å². The highest BCUT2D eigenvalue weighted by Gasteiger charge is 2.26. The fourth-order valence-corrected chi connectivity index (χ4v) is 4.22. The van der Waals surface area contributed by atoms with Gasteiger partial charge in [-0.1, -0.05) is 58.9 Å². The van der Waals surface area contributed by atoms with Crippen molar-refractivity contribution < 1.29 is 4.79 Å². The van der Waals surface area contributed by atoms with Gasteiger partial charge in [0, 0.05) is 24.9 Å². The van der Waals surface area contributed by atoms with E-state index in [1.807, 2.05) is 17.0 Å². The Balaban J connectivity index is 1.73. The summed E-state index contributed by atoms with van der Waals surface area (Å²) < 4.78 is 0. The molecule has 5 nitrogen and oxygen atoms in total. The normalized spacial score (nSPS) is 15.1. The molecule has 29 heavy (non-hydrogen) atoms. The van der Waals surface area contributed by atoms with Crippen LogP contribution in [0.25, 0.3) is 11.4 Å². The summed E-state index contributed by atoms with van der Waals surface area (Å²) in [6, 6.07) is 8.12. The van der Waals surface area contributed by atoms with E-state index in [4.69, 9.17) is 4.98 Å². The molecule has 0 aliphatic carbocycles. The summed E-state index contributed by atoms with van der Waals surface area (Å²) in [6.45, 7) is 11.8. The van der Waals surface area contributed by atoms with Gasteiger partial charge in [-0.05, 0) is 29.7 Å². The van der Waals surface area contributed by atoms with Gasteiger partial charge in [0.15, 0.2) is 0 Å². The van der Waals surface area contributed by atoms with Crippen molar-refractivity contribution in [2.75, 3.05) is 6.54 Å². The van der Waals surface area contributed by atoms with Crippen LogP contribution in [-0.4, -0.2) is 27.3 Å². The van der Waals surface area contributed by atoms with Gasteiger partial charge in [0.05, 0.1) is 17.8 Å². The lowest BCUT2D eigenvalue weighted by Crippen LogP contribution is -2.40. The van der Waals surface area contributed by atoms with Crippen LogP contribution in [0.15, 0.2) is 29.1 Å². The molecule has 0 fully saturated rings. The molecule has 1 N–H and O–H groups in total. The van der Waals surface area contributed by atoms with E-state index in [-0.39, 0.29) is 16.9 Å². The minimum Gasteiger partial charge on any atom is -0.338 e. The molecule has 1 atom stereocenters. The van der Waals surface area contributed by atoms with Crippen LogP contribution in [0, 0.1) is 11.3 Å². The zero-order valence-electron chi connectivity index (χ0n) is 18.3. The summed E-state index contributed by atoms with van der Waals surface area (Å²) in [5.74, 6) is 1.06. The van der Waals surface area contributed by atoms with Crippen molar-refractivity contribution in [3.05, 3.63) is 51.4 Å². The molecule has 1 unspecified atom stereocenters. The number of nitrogens with zero attached hydrogens (tertiary/aromatic N) is 2. The Kier molecular flexibility index (Phi) is 6.25. The maximum absolute atomic E-state index is 12.8. The predicted octanol–water partition coefficient (Wildman–Crippen LogP) is 4.35. The van der Waals surface area contributed by atoms with Gasteiger partial charge in [0.1, 0.15) is 5.82 Å². The largest absolute Gasteiger partial charge is 0.338 e. The summed E-state index contributed by atoms with van der Waals surface area (Å²) in [5.41, 5.74) is 3.68. The number of H-pyrrole nitrogens is 1. The number of hydrogen-bond donors (Lipinski definition) is 1. The highest BCUT2D eigenvalue weighted by molar-refractivity contribution is 5.76. The van der Waals surface area contributed by atoms with Crippen LogP contribution in [0.1, 0.15) is 64.3 Å². The molecule has 1 aliphatic heterocycles. The number of hydrogen-bond acceptors (Lipinski definition) is 3. The second-order valence-electron chi connectivity index (χ2n) is 9.53. The Morgan fingerprint density at radius 3 is 2.55 bits per heavy atom. The van der Waals surface area contributed by atoms with Gasteiger partial charge >= 0.3 is 0 Å². The van der Waals surface area contributed by atoms with Crippen LogP contribution in [0.3, 0.4) is 0 Å². The zero-order chi connectivity index (χ0) is 21.2. The van der Waals surface area contributed by atoms with Crippen LogP contribution in [0.4, 0.5) is 0 Å². The van der Waals surface area contributed by atoms with E-state index < -0.39 is 0 Å². The van der Waals surface area contributed by atoms with Crippen molar-refractivity contribution in [3.63, 3.8) is 0 Å². The molecule has 0 radical (unpaired) electrons. The summed E-state index contributed by atoms with van der Waals surface area (Å²) in [4.78, 5) is 34.9. The number of amides is 1. The quantitative estimate of drug-likeness (QED) is 0.819. The summed E-state index contributed by atoms with van der Waals surface area (Å²) in [7, 11) is 0. The molecule has 156 valence electrons. The van der Waals surface area contributed by atoms with Crippen molar-refractivity contribution >= 4 is 5.91 Å². The smallest absolute Gasteiger partial charge is 0.256 e. The first-order valence-electron chi connectivity index (χ1n) is 10.7. The third-order valence-corrected chi connectivity index (χ3v) is 5.54. The van der Waals surface area contributed by atoms with Gasteiger partial charge in [-0.15, -0.1) is 0 Å². The fraction of sp³-hybridized carbons (Fsp3) is 0.542.